The molecule has 0 radical (unpaired) electrons. The summed E-state index contributed by atoms with van der Waals surface area (Å²) in [6.07, 6.45) is 4.36. The van der Waals surface area contributed by atoms with Crippen molar-refractivity contribution in [2.75, 3.05) is 50.6 Å². The lowest BCUT2D eigenvalue weighted by Crippen LogP contribution is -2.43. The Labute approximate surface area is 212 Å². The Morgan fingerprint density at radius 3 is 2.50 bits per heavy atom. The highest BCUT2D eigenvalue weighted by Crippen LogP contribution is 2.32. The molecule has 1 aromatic heterocycles. The lowest BCUT2D eigenvalue weighted by atomic mass is 10.0. The Kier molecular flexibility index (Phi) is 8.31. The zero-order valence-electron chi connectivity index (χ0n) is 19.8. The molecule has 5 N–H and O–H groups in total. The molecule has 3 amide bonds. The minimum atomic E-state index is -0.743. The van der Waals surface area contributed by atoms with Crippen molar-refractivity contribution in [3.8, 4) is 5.75 Å². The van der Waals surface area contributed by atoms with E-state index < -0.39 is 5.91 Å². The van der Waals surface area contributed by atoms with Crippen LogP contribution >= 0.6 is 11.3 Å². The Balaban J connectivity index is 1.37. The van der Waals surface area contributed by atoms with Crippen LogP contribution in [-0.2, 0) is 14.3 Å². The molecule has 2 aromatic rings. The number of nitrogens with one attached hydrogen (secondary N) is 3. The van der Waals surface area contributed by atoms with Gasteiger partial charge in [-0.2, -0.15) is 0 Å². The van der Waals surface area contributed by atoms with Gasteiger partial charge in [0.2, 0.25) is 5.91 Å². The summed E-state index contributed by atoms with van der Waals surface area (Å²) in [5.74, 6) is -0.476. The van der Waals surface area contributed by atoms with E-state index in [4.69, 9.17) is 15.2 Å². The number of morpholine rings is 1. The number of amides is 3. The predicted octanol–water partition coefficient (Wildman–Crippen LogP) is 1.99. The van der Waals surface area contributed by atoms with Gasteiger partial charge in [0.15, 0.2) is 10.8 Å². The summed E-state index contributed by atoms with van der Waals surface area (Å²) in [6.45, 7) is 3.05. The zero-order valence-corrected chi connectivity index (χ0v) is 20.7. The first-order chi connectivity index (χ1) is 17.4. The van der Waals surface area contributed by atoms with E-state index in [2.05, 4.69) is 20.9 Å². The molecule has 12 heteroatoms. The summed E-state index contributed by atoms with van der Waals surface area (Å²) in [5, 5.41) is 9.43. The maximum absolute atomic E-state index is 12.8. The maximum Gasteiger partial charge on any atom is 0.270 e. The monoisotopic (exact) mass is 512 g/mol. The minimum Gasteiger partial charge on any atom is -0.497 e. The first-order valence-electron chi connectivity index (χ1n) is 11.4. The molecular weight excluding hydrogens is 484 g/mol. The molecular formula is C24H28N6O5S. The molecule has 0 bridgehead atoms. The average Bonchev–Trinajstić information content (AvgIpc) is 3.27. The molecule has 1 saturated heterocycles. The molecule has 2 heterocycles. The van der Waals surface area contributed by atoms with Gasteiger partial charge in [0.1, 0.15) is 10.8 Å². The second-order valence-corrected chi connectivity index (χ2v) is 9.19. The molecule has 4 rings (SSSR count). The van der Waals surface area contributed by atoms with Crippen molar-refractivity contribution in [1.82, 2.24) is 15.2 Å². The summed E-state index contributed by atoms with van der Waals surface area (Å²) in [7, 11) is 1.58. The quantitative estimate of drug-likeness (QED) is 0.399. The van der Waals surface area contributed by atoms with Crippen molar-refractivity contribution in [3.63, 3.8) is 0 Å². The fourth-order valence-corrected chi connectivity index (χ4v) is 4.60. The van der Waals surface area contributed by atoms with E-state index in [1.807, 2.05) is 4.90 Å². The van der Waals surface area contributed by atoms with Crippen molar-refractivity contribution >= 4 is 44.9 Å². The number of nitrogens with two attached hydrogens (primary N) is 1. The van der Waals surface area contributed by atoms with E-state index >= 15 is 0 Å². The molecule has 0 saturated carbocycles. The van der Waals surface area contributed by atoms with Gasteiger partial charge in [-0.15, -0.1) is 0 Å². The van der Waals surface area contributed by atoms with Gasteiger partial charge >= 0.3 is 0 Å². The van der Waals surface area contributed by atoms with Gasteiger partial charge in [0, 0.05) is 30.0 Å². The molecule has 0 unspecified atom stereocenters. The fraction of sp³-hybridized carbons (Fsp3) is 0.333. The molecule has 1 aromatic carbocycles. The topological polar surface area (TPSA) is 148 Å². The summed E-state index contributed by atoms with van der Waals surface area (Å²) >= 11 is 1.11. The third-order valence-electron chi connectivity index (χ3n) is 5.64. The van der Waals surface area contributed by atoms with Crippen molar-refractivity contribution in [2.24, 2.45) is 5.73 Å². The SMILES string of the molecule is COc1ccc(Nc2nc(C(N)=O)c(NC(=O)C3=CC=C(NC(=O)CN4CCOCC4)CC3)s2)cc1. The van der Waals surface area contributed by atoms with E-state index in [0.717, 1.165) is 35.8 Å². The van der Waals surface area contributed by atoms with E-state index in [1.165, 1.54) is 0 Å². The molecule has 190 valence electrons. The normalized spacial score (nSPS) is 15.9. The average molecular weight is 513 g/mol. The molecule has 0 spiro atoms. The number of primary amides is 1. The number of thiazole rings is 1. The number of methoxy groups -OCH3 is 1. The van der Waals surface area contributed by atoms with Crippen LogP contribution in [-0.4, -0.2) is 67.6 Å². The zero-order chi connectivity index (χ0) is 25.5. The summed E-state index contributed by atoms with van der Waals surface area (Å²) in [6, 6.07) is 7.18. The minimum absolute atomic E-state index is 0.0209. The number of hydrogen-bond donors (Lipinski definition) is 4. The Hall–Kier alpha value is -3.74. The standard InChI is InChI=1S/C24H28N6O5S/c1-34-18-8-6-17(7-9-18)27-24-28-20(21(25)32)23(36-24)29-22(33)15-2-4-16(5-3-15)26-19(31)14-30-10-12-35-13-11-30/h2,4,6-9H,3,5,10-14H2,1H3,(H2,25,32)(H,26,31)(H,27,28)(H,29,33). The predicted molar refractivity (Wildman–Crippen MR) is 136 cm³/mol. The van der Waals surface area contributed by atoms with E-state index in [0.29, 0.717) is 49.1 Å². The number of rotatable bonds is 9. The molecule has 2 aliphatic rings. The summed E-state index contributed by atoms with van der Waals surface area (Å²) < 4.78 is 10.4. The number of ether oxygens (including phenoxy) is 2. The number of benzene rings is 1. The van der Waals surface area contributed by atoms with Crippen LogP contribution < -0.4 is 26.4 Å². The summed E-state index contributed by atoms with van der Waals surface area (Å²) in [4.78, 5) is 43.3. The van der Waals surface area contributed by atoms with E-state index in [1.54, 1.807) is 43.5 Å². The number of carbonyl (C=O) groups excluding carboxylic acids is 3. The van der Waals surface area contributed by atoms with E-state index in [9.17, 15) is 14.4 Å². The highest BCUT2D eigenvalue weighted by atomic mass is 32.1. The van der Waals surface area contributed by atoms with Gasteiger partial charge in [0.25, 0.3) is 11.8 Å². The van der Waals surface area contributed by atoms with Gasteiger partial charge in [-0.3, -0.25) is 19.3 Å². The van der Waals surface area contributed by atoms with Crippen molar-refractivity contribution < 1.29 is 23.9 Å². The van der Waals surface area contributed by atoms with Crippen molar-refractivity contribution in [3.05, 3.63) is 53.4 Å². The summed E-state index contributed by atoms with van der Waals surface area (Å²) in [5.41, 5.74) is 7.48. The molecule has 1 fully saturated rings. The largest absolute Gasteiger partial charge is 0.497 e. The third kappa shape index (κ3) is 6.68. The van der Waals surface area contributed by atoms with Crippen LogP contribution in [0.25, 0.3) is 0 Å². The Bertz CT molecular complexity index is 1180. The first-order valence-corrected chi connectivity index (χ1v) is 12.3. The third-order valence-corrected chi connectivity index (χ3v) is 6.53. The number of carbonyl (C=O) groups is 3. The second kappa shape index (κ2) is 11.8. The van der Waals surface area contributed by atoms with Gasteiger partial charge in [-0.1, -0.05) is 17.4 Å². The number of nitrogens with zero attached hydrogens (tertiary/aromatic N) is 2. The van der Waals surface area contributed by atoms with Gasteiger partial charge in [-0.25, -0.2) is 4.98 Å². The molecule has 36 heavy (non-hydrogen) atoms. The van der Waals surface area contributed by atoms with Crippen LogP contribution in [0.4, 0.5) is 15.8 Å². The fourth-order valence-electron chi connectivity index (χ4n) is 3.72. The van der Waals surface area contributed by atoms with Crippen LogP contribution in [0.15, 0.2) is 47.7 Å². The van der Waals surface area contributed by atoms with Crippen LogP contribution in [0.2, 0.25) is 0 Å². The number of anilines is 3. The van der Waals surface area contributed by atoms with Gasteiger partial charge in [0.05, 0.1) is 26.9 Å². The number of allylic oxidation sites excluding steroid dienone is 3. The van der Waals surface area contributed by atoms with Crippen LogP contribution in [0.5, 0.6) is 5.75 Å². The smallest absolute Gasteiger partial charge is 0.270 e. The van der Waals surface area contributed by atoms with Gasteiger partial charge in [-0.05, 0) is 43.2 Å². The van der Waals surface area contributed by atoms with Crippen molar-refractivity contribution in [1.29, 1.82) is 0 Å². The number of aromatic nitrogens is 1. The lowest BCUT2D eigenvalue weighted by molar-refractivity contribution is -0.122. The Morgan fingerprint density at radius 1 is 1.11 bits per heavy atom. The molecule has 11 nitrogen and oxygen atoms in total. The highest BCUT2D eigenvalue weighted by molar-refractivity contribution is 7.20. The second-order valence-electron chi connectivity index (χ2n) is 8.19. The highest BCUT2D eigenvalue weighted by Gasteiger charge is 2.22. The first kappa shape index (κ1) is 25.4. The lowest BCUT2D eigenvalue weighted by Gasteiger charge is -2.26. The number of hydrogen-bond acceptors (Lipinski definition) is 9. The van der Waals surface area contributed by atoms with E-state index in [-0.39, 0.29) is 22.5 Å². The maximum atomic E-state index is 12.8. The molecule has 1 aliphatic carbocycles. The van der Waals surface area contributed by atoms with Crippen molar-refractivity contribution in [2.45, 2.75) is 12.8 Å². The van der Waals surface area contributed by atoms with Crippen LogP contribution in [0, 0.1) is 0 Å². The molecule has 0 atom stereocenters. The molecule has 1 aliphatic heterocycles. The van der Waals surface area contributed by atoms with Crippen LogP contribution in [0.1, 0.15) is 23.3 Å². The van der Waals surface area contributed by atoms with Gasteiger partial charge < -0.3 is 31.2 Å². The Morgan fingerprint density at radius 2 is 1.86 bits per heavy atom. The van der Waals surface area contributed by atoms with Crippen LogP contribution in [0.3, 0.4) is 0 Å².